The first-order valence-corrected chi connectivity index (χ1v) is 9.25. The minimum absolute atomic E-state index is 0.0860. The number of rotatable bonds is 4. The molecule has 1 aromatic rings. The predicted octanol–water partition coefficient (Wildman–Crippen LogP) is 2.39. The molecule has 6 nitrogen and oxygen atoms in total. The zero-order valence-corrected chi connectivity index (χ0v) is 15.5. The van der Waals surface area contributed by atoms with E-state index in [1.807, 2.05) is 35.2 Å². The molecule has 0 N–H and O–H groups in total. The Labute approximate surface area is 157 Å². The summed E-state index contributed by atoms with van der Waals surface area (Å²) in [7, 11) is 0. The second kappa shape index (κ2) is 8.23. The molecule has 26 heavy (non-hydrogen) atoms. The summed E-state index contributed by atoms with van der Waals surface area (Å²) in [6.45, 7) is 8.37. The highest BCUT2D eigenvalue weighted by Gasteiger charge is 2.28. The minimum atomic E-state index is -0.217. The molecule has 2 heterocycles. The van der Waals surface area contributed by atoms with Gasteiger partial charge in [-0.1, -0.05) is 24.8 Å². The Hall–Kier alpha value is -2.54. The van der Waals surface area contributed by atoms with Crippen molar-refractivity contribution in [2.45, 2.75) is 6.92 Å². The van der Waals surface area contributed by atoms with Crippen molar-refractivity contribution in [2.24, 2.45) is 4.99 Å². The first-order chi connectivity index (χ1) is 12.6. The maximum absolute atomic E-state index is 12.2. The van der Waals surface area contributed by atoms with Gasteiger partial charge in [0.15, 0.2) is 5.17 Å². The van der Waals surface area contributed by atoms with Crippen LogP contribution in [0.4, 0.5) is 0 Å². The Bertz CT molecular complexity index is 763. The molecule has 1 saturated heterocycles. The summed E-state index contributed by atoms with van der Waals surface area (Å²) in [5, 5.41) is 0.718. The van der Waals surface area contributed by atoms with Gasteiger partial charge in [-0.15, -0.1) is 0 Å². The fourth-order valence-electron chi connectivity index (χ4n) is 2.71. The SMILES string of the molecule is C=CCOc1ccc(/C=C2\SC(N3CCN(C(C)=O)CC3)=NC2=O)cc1. The lowest BCUT2D eigenvalue weighted by Crippen LogP contribution is -2.49. The molecule has 3 rings (SSSR count). The molecule has 0 spiro atoms. The van der Waals surface area contributed by atoms with Gasteiger partial charge >= 0.3 is 0 Å². The lowest BCUT2D eigenvalue weighted by Gasteiger charge is -2.34. The Morgan fingerprint density at radius 1 is 1.27 bits per heavy atom. The van der Waals surface area contributed by atoms with Crippen LogP contribution < -0.4 is 4.74 Å². The van der Waals surface area contributed by atoms with Crippen molar-refractivity contribution in [3.63, 3.8) is 0 Å². The van der Waals surface area contributed by atoms with E-state index in [0.717, 1.165) is 16.5 Å². The standard InChI is InChI=1S/C19H21N3O3S/c1-3-12-25-16-6-4-15(5-7-16)13-17-18(24)20-19(26-17)22-10-8-21(9-11-22)14(2)23/h3-7,13H,1,8-12H2,2H3/b17-13-. The van der Waals surface area contributed by atoms with Gasteiger partial charge in [0.25, 0.3) is 5.91 Å². The van der Waals surface area contributed by atoms with E-state index >= 15 is 0 Å². The van der Waals surface area contributed by atoms with Crippen molar-refractivity contribution in [3.8, 4) is 5.75 Å². The highest BCUT2D eigenvalue weighted by atomic mass is 32.2. The average molecular weight is 371 g/mol. The highest BCUT2D eigenvalue weighted by Crippen LogP contribution is 2.31. The smallest absolute Gasteiger partial charge is 0.286 e. The van der Waals surface area contributed by atoms with E-state index in [1.165, 1.54) is 11.8 Å². The maximum atomic E-state index is 12.2. The molecule has 1 fully saturated rings. The molecule has 2 amide bonds. The van der Waals surface area contributed by atoms with E-state index < -0.39 is 0 Å². The van der Waals surface area contributed by atoms with Gasteiger partial charge in [-0.05, 0) is 35.5 Å². The highest BCUT2D eigenvalue weighted by molar-refractivity contribution is 8.18. The number of hydrogen-bond donors (Lipinski definition) is 0. The minimum Gasteiger partial charge on any atom is -0.490 e. The Morgan fingerprint density at radius 2 is 1.96 bits per heavy atom. The number of amidine groups is 1. The number of carbonyl (C=O) groups is 2. The summed E-state index contributed by atoms with van der Waals surface area (Å²) >= 11 is 1.39. The van der Waals surface area contributed by atoms with E-state index in [1.54, 1.807) is 13.0 Å². The zero-order chi connectivity index (χ0) is 18.5. The van der Waals surface area contributed by atoms with E-state index in [4.69, 9.17) is 4.74 Å². The van der Waals surface area contributed by atoms with Crippen LogP contribution in [-0.4, -0.2) is 59.6 Å². The first kappa shape index (κ1) is 18.3. The molecular weight excluding hydrogens is 350 g/mol. The lowest BCUT2D eigenvalue weighted by atomic mass is 10.2. The lowest BCUT2D eigenvalue weighted by molar-refractivity contribution is -0.130. The number of amides is 2. The summed E-state index contributed by atoms with van der Waals surface area (Å²) in [5.41, 5.74) is 0.921. The van der Waals surface area contributed by atoms with Crippen molar-refractivity contribution in [3.05, 3.63) is 47.4 Å². The third kappa shape index (κ3) is 4.35. The van der Waals surface area contributed by atoms with Crippen LogP contribution in [0.2, 0.25) is 0 Å². The second-order valence-corrected chi connectivity index (χ2v) is 6.98. The number of aliphatic imine (C=N–C) groups is 1. The topological polar surface area (TPSA) is 62.2 Å². The quantitative estimate of drug-likeness (QED) is 0.601. The van der Waals surface area contributed by atoms with Crippen molar-refractivity contribution in [1.82, 2.24) is 9.80 Å². The Kier molecular flexibility index (Phi) is 5.78. The number of ether oxygens (including phenoxy) is 1. The van der Waals surface area contributed by atoms with Crippen LogP contribution >= 0.6 is 11.8 Å². The van der Waals surface area contributed by atoms with Crippen LogP contribution in [0.5, 0.6) is 5.75 Å². The summed E-state index contributed by atoms with van der Waals surface area (Å²) in [4.78, 5) is 32.3. The molecule has 1 aromatic carbocycles. The van der Waals surface area contributed by atoms with Crippen molar-refractivity contribution < 1.29 is 14.3 Å². The van der Waals surface area contributed by atoms with Gasteiger partial charge in [-0.3, -0.25) is 9.59 Å². The number of carbonyl (C=O) groups excluding carboxylic acids is 2. The number of nitrogens with zero attached hydrogens (tertiary/aromatic N) is 3. The van der Waals surface area contributed by atoms with Crippen molar-refractivity contribution in [1.29, 1.82) is 0 Å². The molecule has 2 aliphatic rings. The number of hydrogen-bond acceptors (Lipinski definition) is 5. The van der Waals surface area contributed by atoms with Crippen molar-refractivity contribution >= 4 is 34.8 Å². The van der Waals surface area contributed by atoms with E-state index in [9.17, 15) is 9.59 Å². The van der Waals surface area contributed by atoms with Crippen LogP contribution in [-0.2, 0) is 9.59 Å². The molecule has 0 aromatic heterocycles. The molecular formula is C19H21N3O3S. The molecule has 0 radical (unpaired) electrons. The Morgan fingerprint density at radius 3 is 2.58 bits per heavy atom. The van der Waals surface area contributed by atoms with E-state index in [-0.39, 0.29) is 11.8 Å². The third-order valence-corrected chi connectivity index (χ3v) is 5.19. The van der Waals surface area contributed by atoms with Gasteiger partial charge in [-0.2, -0.15) is 4.99 Å². The van der Waals surface area contributed by atoms with Crippen LogP contribution in [0.3, 0.4) is 0 Å². The van der Waals surface area contributed by atoms with Crippen molar-refractivity contribution in [2.75, 3.05) is 32.8 Å². The van der Waals surface area contributed by atoms with E-state index in [2.05, 4.69) is 16.5 Å². The molecule has 0 bridgehead atoms. The van der Waals surface area contributed by atoms with Crippen LogP contribution in [0.1, 0.15) is 12.5 Å². The summed E-state index contributed by atoms with van der Waals surface area (Å²) in [6.07, 6.45) is 3.53. The molecule has 0 unspecified atom stereocenters. The van der Waals surface area contributed by atoms with Gasteiger partial charge in [0.2, 0.25) is 5.91 Å². The number of piperazine rings is 1. The monoisotopic (exact) mass is 371 g/mol. The third-order valence-electron chi connectivity index (χ3n) is 4.15. The molecule has 0 aliphatic carbocycles. The summed E-state index contributed by atoms with van der Waals surface area (Å²) in [5.74, 6) is 0.631. The van der Waals surface area contributed by atoms with E-state index in [0.29, 0.717) is 37.7 Å². The van der Waals surface area contributed by atoms with Gasteiger partial charge in [-0.25, -0.2) is 0 Å². The van der Waals surface area contributed by atoms with Gasteiger partial charge in [0, 0.05) is 33.1 Å². The Balaban J connectivity index is 1.61. The first-order valence-electron chi connectivity index (χ1n) is 8.43. The normalized spacial score (nSPS) is 18.9. The second-order valence-electron chi connectivity index (χ2n) is 5.97. The van der Waals surface area contributed by atoms with Crippen LogP contribution in [0.15, 0.2) is 46.8 Å². The maximum Gasteiger partial charge on any atom is 0.286 e. The summed E-state index contributed by atoms with van der Waals surface area (Å²) in [6, 6.07) is 7.54. The number of thioether (sulfide) groups is 1. The fraction of sp³-hybridized carbons (Fsp3) is 0.316. The van der Waals surface area contributed by atoms with Crippen LogP contribution in [0, 0.1) is 0 Å². The molecule has 7 heteroatoms. The molecule has 0 saturated carbocycles. The molecule has 2 aliphatic heterocycles. The summed E-state index contributed by atoms with van der Waals surface area (Å²) < 4.78 is 5.45. The molecule has 136 valence electrons. The zero-order valence-electron chi connectivity index (χ0n) is 14.7. The molecule has 0 atom stereocenters. The van der Waals surface area contributed by atoms with Gasteiger partial charge < -0.3 is 14.5 Å². The predicted molar refractivity (Wildman–Crippen MR) is 104 cm³/mol. The number of benzene rings is 1. The van der Waals surface area contributed by atoms with Crippen LogP contribution in [0.25, 0.3) is 6.08 Å². The van der Waals surface area contributed by atoms with Gasteiger partial charge in [0.05, 0.1) is 4.91 Å². The average Bonchev–Trinajstić information content (AvgIpc) is 3.02. The fourth-order valence-corrected chi connectivity index (χ4v) is 3.68. The largest absolute Gasteiger partial charge is 0.490 e. The van der Waals surface area contributed by atoms with Gasteiger partial charge in [0.1, 0.15) is 12.4 Å².